The second-order valence-electron chi connectivity index (χ2n) is 23.5. The van der Waals surface area contributed by atoms with Crippen LogP contribution in [0.15, 0.2) is 58.6 Å². The maximum Gasteiger partial charge on any atom is 0.334 e. The summed E-state index contributed by atoms with van der Waals surface area (Å²) in [5.74, 6) is -11.3. The highest BCUT2D eigenvalue weighted by Crippen LogP contribution is 2.52. The molecule has 0 saturated heterocycles. The summed E-state index contributed by atoms with van der Waals surface area (Å²) >= 11 is 0. The van der Waals surface area contributed by atoms with Gasteiger partial charge in [0, 0.05) is 72.0 Å². The number of hydrogen-bond donors (Lipinski definition) is 13. The first-order chi connectivity index (χ1) is 47.4. The maximum atomic E-state index is 14.0. The number of H-pyrrole nitrogens is 2. The molecule has 2 aliphatic heterocycles. The van der Waals surface area contributed by atoms with E-state index in [1.54, 1.807) is 18.2 Å². The Morgan fingerprint density at radius 3 is 1.94 bits per heavy atom. The summed E-state index contributed by atoms with van der Waals surface area (Å²) in [4.78, 5) is 168. The molecule has 5 amide bonds. The minimum Gasteiger partial charge on any atom is -0.481 e. The maximum absolute atomic E-state index is 14.0. The zero-order valence-corrected chi connectivity index (χ0v) is 58.3. The first-order valence-corrected chi connectivity index (χ1v) is 34.1. The smallest absolute Gasteiger partial charge is 0.334 e. The highest BCUT2D eigenvalue weighted by Gasteiger charge is 2.54. The minimum atomic E-state index is -1.78. The van der Waals surface area contributed by atoms with Crippen molar-refractivity contribution in [1.29, 1.82) is 0 Å². The molecule has 5 heterocycles. The van der Waals surface area contributed by atoms with Crippen molar-refractivity contribution in [3.8, 4) is 0 Å². The predicted molar refractivity (Wildman–Crippen MR) is 376 cm³/mol. The number of methoxy groups -OCH3 is 3. The molecule has 0 fully saturated rings. The number of guanidine groups is 2. The SMILES string of the molecule is C=Cc1c(C)c2cc3nc(cc4[nH]c(cc5nc(cc1[nH]2)C(C)=C5CCC(=O)OCCSSCC(NC(C)=O)C(=O)NC(CCCN=C(N)N)C(=O)NCC(=O)NC(CC(=O)O)C(=O)NC(CCCN=C(N)N)C(=O)O)c(CCC(=O)OC)c4C)C1(C)C3=CC=C(C(=O)OC)C1C(=O)OC. The molecular weight excluding hydrogens is 1340 g/mol. The Kier molecular flexibility index (Phi) is 28.5. The number of aliphatic imine (C=N–C) groups is 2. The van der Waals surface area contributed by atoms with Gasteiger partial charge < -0.3 is 88.6 Å². The van der Waals surface area contributed by atoms with Crippen molar-refractivity contribution in [3.63, 3.8) is 0 Å². The predicted octanol–water partition coefficient (Wildman–Crippen LogP) is 2.30. The van der Waals surface area contributed by atoms with Gasteiger partial charge in [-0.25, -0.2) is 14.6 Å². The summed E-state index contributed by atoms with van der Waals surface area (Å²) in [7, 11) is 6.18. The quantitative estimate of drug-likeness (QED) is 0.0100. The first-order valence-electron chi connectivity index (χ1n) is 31.6. The Morgan fingerprint density at radius 2 is 1.32 bits per heavy atom. The number of aliphatic carboxylic acids is 2. The van der Waals surface area contributed by atoms with Gasteiger partial charge in [0.2, 0.25) is 29.5 Å². The van der Waals surface area contributed by atoms with Crippen molar-refractivity contribution in [1.82, 2.24) is 46.5 Å². The van der Waals surface area contributed by atoms with E-state index < -0.39 is 114 Å². The molecule has 0 spiro atoms. The lowest BCUT2D eigenvalue weighted by molar-refractivity contribution is -0.149. The monoisotopic (exact) mass is 1420 g/mol. The van der Waals surface area contributed by atoms with Gasteiger partial charge in [-0.1, -0.05) is 46.4 Å². The zero-order chi connectivity index (χ0) is 73.7. The molecule has 100 heavy (non-hydrogen) atoms. The number of hydrogen-bond acceptors (Lipinski definition) is 21. The van der Waals surface area contributed by atoms with Gasteiger partial charge in [0.05, 0.1) is 68.1 Å². The van der Waals surface area contributed by atoms with E-state index in [0.29, 0.717) is 50.4 Å². The number of aromatic amines is 2. The molecule has 0 radical (unpaired) electrons. The Balaban J connectivity index is 1.17. The van der Waals surface area contributed by atoms with E-state index in [9.17, 15) is 63.0 Å². The fourth-order valence-electron chi connectivity index (χ4n) is 11.5. The largest absolute Gasteiger partial charge is 0.481 e. The molecule has 32 nitrogen and oxygen atoms in total. The van der Waals surface area contributed by atoms with Crippen molar-refractivity contribution >= 4 is 144 Å². The average Bonchev–Trinajstić information content (AvgIpc) is 1.52. The second kappa shape index (κ2) is 36.4. The molecule has 538 valence electrons. The van der Waals surface area contributed by atoms with Crippen LogP contribution in [0.1, 0.15) is 117 Å². The van der Waals surface area contributed by atoms with E-state index in [-0.39, 0.29) is 100 Å². The third-order valence-corrected chi connectivity index (χ3v) is 19.1. The molecular formula is C66H85N15O17S2. The van der Waals surface area contributed by atoms with E-state index in [1.165, 1.54) is 39.0 Å². The first kappa shape index (κ1) is 78.5. The van der Waals surface area contributed by atoms with E-state index in [2.05, 4.69) is 53.1 Å². The molecule has 6 unspecified atom stereocenters. The third-order valence-electron chi connectivity index (χ3n) is 16.7. The molecule has 0 saturated carbocycles. The number of nitrogens with two attached hydrogens (primary N) is 4. The van der Waals surface area contributed by atoms with Crippen LogP contribution < -0.4 is 49.5 Å². The molecule has 3 aromatic rings. The number of nitrogens with one attached hydrogen (secondary N) is 7. The summed E-state index contributed by atoms with van der Waals surface area (Å²) in [6.07, 6.45) is 4.48. The van der Waals surface area contributed by atoms with Crippen LogP contribution in [-0.4, -0.2) is 191 Å². The van der Waals surface area contributed by atoms with E-state index in [0.717, 1.165) is 44.2 Å². The van der Waals surface area contributed by atoms with Gasteiger partial charge in [-0.15, -0.1) is 0 Å². The normalized spacial score (nSPS) is 15.7. The number of carbonyl (C=O) groups is 11. The van der Waals surface area contributed by atoms with Gasteiger partial charge >= 0.3 is 35.8 Å². The van der Waals surface area contributed by atoms with Gasteiger partial charge in [0.1, 0.15) is 36.7 Å². The van der Waals surface area contributed by atoms with E-state index >= 15 is 0 Å². The molecule has 1 aliphatic carbocycles. The van der Waals surface area contributed by atoms with Gasteiger partial charge in [-0.05, 0) is 124 Å². The summed E-state index contributed by atoms with van der Waals surface area (Å²) in [5.41, 5.74) is 30.2. The number of carboxylic acids is 2. The molecule has 17 N–H and O–H groups in total. The van der Waals surface area contributed by atoms with E-state index in [1.807, 2.05) is 52.0 Å². The molecule has 34 heteroatoms. The van der Waals surface area contributed by atoms with Crippen LogP contribution in [0.5, 0.6) is 0 Å². The lowest BCUT2D eigenvalue weighted by Crippen LogP contribution is -2.56. The Labute approximate surface area is 583 Å². The van der Waals surface area contributed by atoms with Gasteiger partial charge in [-0.3, -0.25) is 58.1 Å². The highest BCUT2D eigenvalue weighted by atomic mass is 33.1. The summed E-state index contributed by atoms with van der Waals surface area (Å²) in [6, 6.07) is 1.58. The number of esters is 4. The fraction of sp³-hybridized carbons (Fsp3) is 0.439. The van der Waals surface area contributed by atoms with E-state index in [4.69, 9.17) is 51.9 Å². The number of rotatable bonds is 35. The Hall–Kier alpha value is -10.5. The Bertz CT molecular complexity index is 4040. The number of carboxylic acid groups (broad SMARTS) is 2. The number of aromatic nitrogens is 4. The Morgan fingerprint density at radius 1 is 0.700 bits per heavy atom. The topological polar surface area (TPSA) is 511 Å². The summed E-state index contributed by atoms with van der Waals surface area (Å²) in [5, 5.41) is 31.0. The number of aryl methyl sites for hydroxylation is 3. The van der Waals surface area contributed by atoms with Crippen molar-refractivity contribution in [2.45, 2.75) is 122 Å². The number of allylic oxidation sites excluding steroid dienone is 5. The highest BCUT2D eigenvalue weighted by molar-refractivity contribution is 8.76. The number of amides is 5. The number of fused-ring (bicyclic) bond motifs is 11. The second-order valence-corrected chi connectivity index (χ2v) is 26.1. The summed E-state index contributed by atoms with van der Waals surface area (Å²) in [6.45, 7) is 12.0. The number of nitrogens with zero attached hydrogens (tertiary/aromatic N) is 4. The van der Waals surface area contributed by atoms with Crippen LogP contribution in [0.2, 0.25) is 0 Å². The molecule has 3 aromatic heterocycles. The van der Waals surface area contributed by atoms with Crippen molar-refractivity contribution in [3.05, 3.63) is 93.6 Å². The van der Waals surface area contributed by atoms with Crippen LogP contribution in [-0.2, 0) is 83.5 Å². The van der Waals surface area contributed by atoms with Crippen LogP contribution in [0.3, 0.4) is 0 Å². The number of ether oxygens (including phenoxy) is 4. The van der Waals surface area contributed by atoms with Crippen LogP contribution in [0, 0.1) is 19.8 Å². The molecule has 8 bridgehead atoms. The zero-order valence-electron chi connectivity index (χ0n) is 56.7. The van der Waals surface area contributed by atoms with Gasteiger partial charge in [0.15, 0.2) is 11.9 Å². The molecule has 6 atom stereocenters. The van der Waals surface area contributed by atoms with Gasteiger partial charge in [-0.2, -0.15) is 0 Å². The van der Waals surface area contributed by atoms with Gasteiger partial charge in [0.25, 0.3) is 0 Å². The molecule has 0 aromatic carbocycles. The van der Waals surface area contributed by atoms with Crippen molar-refractivity contribution in [2.75, 3.05) is 59.1 Å². The average molecular weight is 1420 g/mol. The third kappa shape index (κ3) is 20.5. The van der Waals surface area contributed by atoms with Crippen LogP contribution >= 0.6 is 21.6 Å². The molecule has 3 aliphatic rings. The standard InChI is InChI=1S/C66H85N15O17S2/c1-10-36-32(2)44-26-49-40-18-15-39(62(93)96-8)57(63(94)97-9)66(40,6)52(78-49)28-45-34(4)37(16-19-55(86)95-7)48(77-45)27-47-38(33(3)43(76-47)25-46(36)75-44)17-20-56(87)98-23-24-99-100-31-51(74-35(5)82)60(90)80-41(13-11-21-71-64(67)68)58(88)73-30-53(83)79-50(29-54(84)85)59(89)81-42(61(91)92)14-12-22-72-65(69)70/h10,15,18,25-28,41-42,50-51,57,75,77H,1,11-14,16-17,19-24,29-31H2,2-9H3,(H,73,88)(H,74,82)(H,79,83)(H,80,90)(H,81,89)(H,84,85)(H,91,92)(H4,67,68,71)(H4,69,70,72). The van der Waals surface area contributed by atoms with Crippen molar-refractivity contribution in [2.24, 2.45) is 38.8 Å². The van der Waals surface area contributed by atoms with Crippen LogP contribution in [0.25, 0.3) is 44.9 Å². The lowest BCUT2D eigenvalue weighted by atomic mass is 9.64. The lowest BCUT2D eigenvalue weighted by Gasteiger charge is -2.36. The fourth-order valence-corrected chi connectivity index (χ4v) is 13.5. The summed E-state index contributed by atoms with van der Waals surface area (Å²) < 4.78 is 21.3. The van der Waals surface area contributed by atoms with Crippen LogP contribution in [0.4, 0.5) is 0 Å². The number of carbonyl (C=O) groups excluding carboxylic acids is 9. The molecule has 6 rings (SSSR count). The minimum absolute atomic E-state index is 0.0239. The van der Waals surface area contributed by atoms with Crippen molar-refractivity contribution < 1.29 is 81.9 Å².